The summed E-state index contributed by atoms with van der Waals surface area (Å²) in [5.74, 6) is 1.59. The molecule has 1 atom stereocenters. The number of nitrogens with zero attached hydrogens (tertiary/aromatic N) is 2. The molecule has 3 aliphatic heterocycles. The second kappa shape index (κ2) is 12.6. The van der Waals surface area contributed by atoms with E-state index in [1.54, 1.807) is 29.5 Å². The monoisotopic (exact) mass is 660 g/mol. The Morgan fingerprint density at radius 3 is 2.71 bits per heavy atom. The highest BCUT2D eigenvalue weighted by molar-refractivity contribution is 7.90. The zero-order valence-electron chi connectivity index (χ0n) is 24.8. The predicted octanol–water partition coefficient (Wildman–Crippen LogP) is 5.48. The van der Waals surface area contributed by atoms with Gasteiger partial charge in [-0.05, 0) is 60.0 Å². The zero-order chi connectivity index (χ0) is 31.0. The van der Waals surface area contributed by atoms with Gasteiger partial charge in [0, 0.05) is 53.9 Å². The van der Waals surface area contributed by atoms with Crippen LogP contribution in [0.1, 0.15) is 16.0 Å². The topological polar surface area (TPSA) is 92.3 Å². The van der Waals surface area contributed by atoms with Crippen molar-refractivity contribution in [1.82, 2.24) is 15.5 Å². The number of nitrogens with one attached hydrogen (secondary N) is 2. The summed E-state index contributed by atoms with van der Waals surface area (Å²) < 4.78 is 35.5. The molecule has 0 radical (unpaired) electrons. The van der Waals surface area contributed by atoms with Crippen LogP contribution in [-0.2, 0) is 16.3 Å². The van der Waals surface area contributed by atoms with Crippen molar-refractivity contribution in [2.24, 2.45) is 4.99 Å². The molecule has 4 heterocycles. The average Bonchev–Trinajstić information content (AvgIpc) is 3.72. The second-order valence-electron chi connectivity index (χ2n) is 11.4. The number of ether oxygens (including phenoxy) is 2. The highest BCUT2D eigenvalue weighted by Gasteiger charge is 2.28. The van der Waals surface area contributed by atoms with Gasteiger partial charge in [0.05, 0.1) is 33.4 Å². The molecule has 45 heavy (non-hydrogen) atoms. The Balaban J connectivity index is 1.20. The predicted molar refractivity (Wildman–Crippen MR) is 180 cm³/mol. The first-order valence-electron chi connectivity index (χ1n) is 14.9. The molecule has 1 saturated heterocycles. The first-order valence-corrected chi connectivity index (χ1v) is 17.9. The van der Waals surface area contributed by atoms with E-state index in [1.807, 2.05) is 42.5 Å². The standard InChI is InChI=1S/C34H33ClN4O4S2/c1-45(40,41)25-6-4-5-23(17-25)32-11-12-33(44-32)28-19-37-34(26-7-2-3-8-27(26)35)29(38-28)20-39-14-13-36-18-24(39)15-22-9-10-30-31(16-22)43-21-42-30/h2-12,16-17,24,36-37H,13-15,18-21H2,1H3. The minimum atomic E-state index is -3.30. The number of fused-ring (bicyclic) bond motifs is 1. The third-order valence-electron chi connectivity index (χ3n) is 8.30. The number of piperazine rings is 1. The van der Waals surface area contributed by atoms with E-state index in [2.05, 4.69) is 33.7 Å². The van der Waals surface area contributed by atoms with Crippen LogP contribution in [0.2, 0.25) is 5.02 Å². The molecule has 7 rings (SSSR count). The van der Waals surface area contributed by atoms with Gasteiger partial charge in [-0.15, -0.1) is 11.3 Å². The van der Waals surface area contributed by atoms with Gasteiger partial charge in [-0.3, -0.25) is 9.89 Å². The fourth-order valence-corrected chi connectivity index (χ4v) is 7.86. The zero-order valence-corrected chi connectivity index (χ0v) is 27.1. The molecule has 3 aliphatic rings. The maximum Gasteiger partial charge on any atom is 0.231 e. The fraction of sp³-hybridized carbons (Fsp3) is 0.265. The maximum atomic E-state index is 12.2. The van der Waals surface area contributed by atoms with Gasteiger partial charge in [-0.25, -0.2) is 8.42 Å². The third kappa shape index (κ3) is 6.52. The third-order valence-corrected chi connectivity index (χ3v) is 10.9. The van der Waals surface area contributed by atoms with Crippen molar-refractivity contribution < 1.29 is 17.9 Å². The van der Waals surface area contributed by atoms with Gasteiger partial charge < -0.3 is 20.1 Å². The van der Waals surface area contributed by atoms with Crippen LogP contribution in [0.4, 0.5) is 0 Å². The van der Waals surface area contributed by atoms with Crippen molar-refractivity contribution in [3.63, 3.8) is 0 Å². The van der Waals surface area contributed by atoms with Crippen LogP contribution in [0.15, 0.2) is 94.4 Å². The summed E-state index contributed by atoms with van der Waals surface area (Å²) in [7, 11) is -3.30. The molecular formula is C34H33ClN4O4S2. The summed E-state index contributed by atoms with van der Waals surface area (Å²) in [5.41, 5.74) is 5.84. The summed E-state index contributed by atoms with van der Waals surface area (Å²) in [6, 6.07) is 25.5. The molecule has 0 amide bonds. The van der Waals surface area contributed by atoms with Crippen molar-refractivity contribution in [3.8, 4) is 21.9 Å². The molecule has 0 bridgehead atoms. The highest BCUT2D eigenvalue weighted by Crippen LogP contribution is 2.35. The number of hydrogen-bond donors (Lipinski definition) is 2. The van der Waals surface area contributed by atoms with Crippen LogP contribution >= 0.6 is 22.9 Å². The molecule has 3 aromatic carbocycles. The number of sulfone groups is 1. The van der Waals surface area contributed by atoms with Gasteiger partial charge in [-0.1, -0.05) is 48.0 Å². The average molecular weight is 661 g/mol. The minimum absolute atomic E-state index is 0.259. The summed E-state index contributed by atoms with van der Waals surface area (Å²) >= 11 is 8.32. The molecule has 11 heteroatoms. The SMILES string of the molecule is CS(=O)(=O)c1cccc(-c2ccc(C3=NC(CN4CCNCC4Cc4ccc5c(c4)OCO5)=C(c4ccccc4Cl)NC3)s2)c1. The van der Waals surface area contributed by atoms with Crippen LogP contribution in [0.3, 0.4) is 0 Å². The first-order chi connectivity index (χ1) is 21.8. The molecule has 2 N–H and O–H groups in total. The van der Waals surface area contributed by atoms with Gasteiger partial charge in [0.15, 0.2) is 21.3 Å². The van der Waals surface area contributed by atoms with Crippen LogP contribution in [0.25, 0.3) is 16.1 Å². The Morgan fingerprint density at radius 1 is 1.00 bits per heavy atom. The van der Waals surface area contributed by atoms with E-state index in [-0.39, 0.29) is 12.8 Å². The van der Waals surface area contributed by atoms with E-state index >= 15 is 0 Å². The van der Waals surface area contributed by atoms with E-state index in [0.717, 1.165) is 75.5 Å². The Kier molecular flexibility index (Phi) is 8.41. The van der Waals surface area contributed by atoms with Crippen molar-refractivity contribution in [2.45, 2.75) is 17.4 Å². The number of rotatable bonds is 8. The van der Waals surface area contributed by atoms with Gasteiger partial charge >= 0.3 is 0 Å². The van der Waals surface area contributed by atoms with Gasteiger partial charge in [0.2, 0.25) is 6.79 Å². The molecule has 1 unspecified atom stereocenters. The smallest absolute Gasteiger partial charge is 0.231 e. The lowest BCUT2D eigenvalue weighted by atomic mass is 10.0. The van der Waals surface area contributed by atoms with Crippen molar-refractivity contribution in [1.29, 1.82) is 0 Å². The van der Waals surface area contributed by atoms with E-state index in [4.69, 9.17) is 26.1 Å². The molecule has 1 aromatic heterocycles. The molecule has 0 saturated carbocycles. The highest BCUT2D eigenvalue weighted by atomic mass is 35.5. The molecule has 232 valence electrons. The molecule has 0 aliphatic carbocycles. The van der Waals surface area contributed by atoms with Crippen molar-refractivity contribution >= 4 is 44.2 Å². The van der Waals surface area contributed by atoms with E-state index < -0.39 is 9.84 Å². The first kappa shape index (κ1) is 30.0. The van der Waals surface area contributed by atoms with Crippen LogP contribution < -0.4 is 20.1 Å². The lowest BCUT2D eigenvalue weighted by Gasteiger charge is -2.37. The molecule has 1 fully saturated rings. The van der Waals surface area contributed by atoms with Crippen LogP contribution in [0.5, 0.6) is 11.5 Å². The molecule has 0 spiro atoms. The van der Waals surface area contributed by atoms with Crippen molar-refractivity contribution in [3.05, 3.63) is 106 Å². The minimum Gasteiger partial charge on any atom is -0.454 e. The largest absolute Gasteiger partial charge is 0.454 e. The van der Waals surface area contributed by atoms with Crippen molar-refractivity contribution in [2.75, 3.05) is 45.8 Å². The number of halogens is 1. The van der Waals surface area contributed by atoms with Gasteiger partial charge in [0.1, 0.15) is 0 Å². The van der Waals surface area contributed by atoms with Crippen LogP contribution in [0, 0.1) is 0 Å². The summed E-state index contributed by atoms with van der Waals surface area (Å²) in [4.78, 5) is 10.1. The molecule has 8 nitrogen and oxygen atoms in total. The number of benzene rings is 3. The number of thiophene rings is 1. The second-order valence-corrected chi connectivity index (χ2v) is 14.9. The lowest BCUT2D eigenvalue weighted by Crippen LogP contribution is -2.53. The van der Waals surface area contributed by atoms with E-state index in [9.17, 15) is 8.42 Å². The number of aliphatic imine (C=N–C) groups is 1. The Labute approximate surface area is 272 Å². The molecule has 4 aromatic rings. The van der Waals surface area contributed by atoms with E-state index in [1.165, 1.54) is 11.8 Å². The quantitative estimate of drug-likeness (QED) is 0.259. The summed E-state index contributed by atoms with van der Waals surface area (Å²) in [6.45, 7) is 4.13. The summed E-state index contributed by atoms with van der Waals surface area (Å²) in [6.07, 6.45) is 2.10. The Morgan fingerprint density at radius 2 is 1.84 bits per heavy atom. The fourth-order valence-electron chi connectivity index (χ4n) is 5.98. The van der Waals surface area contributed by atoms with Gasteiger partial charge in [0.25, 0.3) is 0 Å². The normalized spacial score (nSPS) is 18.5. The van der Waals surface area contributed by atoms with Crippen LogP contribution in [-0.4, -0.2) is 70.8 Å². The molecular weight excluding hydrogens is 628 g/mol. The Bertz CT molecular complexity index is 1920. The lowest BCUT2D eigenvalue weighted by molar-refractivity contribution is 0.172. The van der Waals surface area contributed by atoms with E-state index in [0.29, 0.717) is 23.0 Å². The van der Waals surface area contributed by atoms with Gasteiger partial charge in [-0.2, -0.15) is 0 Å². The Hall–Kier alpha value is -3.67. The summed E-state index contributed by atoms with van der Waals surface area (Å²) in [5, 5.41) is 7.90. The maximum absolute atomic E-state index is 12.2. The number of hydrogen-bond acceptors (Lipinski definition) is 9.